The number of hydrogen-bond acceptors (Lipinski definition) is 3. The lowest BCUT2D eigenvalue weighted by Crippen LogP contribution is -2.50. The third-order valence-corrected chi connectivity index (χ3v) is 20.0. The van der Waals surface area contributed by atoms with Gasteiger partial charge in [-0.1, -0.05) is 92.0 Å². The van der Waals surface area contributed by atoms with Crippen LogP contribution in [-0.4, -0.2) is 28.2 Å². The number of nitrogens with one attached hydrogen (secondary N) is 2. The van der Waals surface area contributed by atoms with Gasteiger partial charge in [-0.2, -0.15) is 0 Å². The molecule has 0 radical (unpaired) electrons. The zero-order valence-electron chi connectivity index (χ0n) is 26.3. The van der Waals surface area contributed by atoms with E-state index in [-0.39, 0.29) is 21.5 Å². The molecule has 5 heteroatoms. The van der Waals surface area contributed by atoms with Crippen molar-refractivity contribution in [1.82, 2.24) is 0 Å². The van der Waals surface area contributed by atoms with Crippen molar-refractivity contribution >= 4 is 27.5 Å². The summed E-state index contributed by atoms with van der Waals surface area (Å²) in [6.45, 7) is 33.3. The monoisotopic (exact) mass is 540 g/mol. The predicted molar refractivity (Wildman–Crippen MR) is 171 cm³/mol. The van der Waals surface area contributed by atoms with Crippen LogP contribution in [0, 0.1) is 0 Å². The minimum Gasteiger partial charge on any atom is -0.383 e. The fourth-order valence-electron chi connectivity index (χ4n) is 4.50. The SMILES string of the molecule is CC(C)Nc1cccc(C(OC(c2cccc(NC(C)C)c2)[Si](C)(C)C(C)(C)C)[Si](C)(C)C(C)(C)C)c1. The molecule has 37 heavy (non-hydrogen) atoms. The fourth-order valence-corrected chi connectivity index (χ4v) is 9.19. The molecule has 0 saturated heterocycles. The molecule has 0 aliphatic carbocycles. The summed E-state index contributed by atoms with van der Waals surface area (Å²) < 4.78 is 7.59. The first-order chi connectivity index (χ1) is 16.8. The second kappa shape index (κ2) is 11.7. The van der Waals surface area contributed by atoms with Crippen LogP contribution in [0.3, 0.4) is 0 Å². The maximum Gasteiger partial charge on any atom is 0.0925 e. The fraction of sp³-hybridized carbons (Fsp3) is 0.625. The van der Waals surface area contributed by atoms with E-state index in [1.165, 1.54) is 22.5 Å². The summed E-state index contributed by atoms with van der Waals surface area (Å²) in [6, 6.07) is 18.8. The molecule has 3 nitrogen and oxygen atoms in total. The highest BCUT2D eigenvalue weighted by Gasteiger charge is 2.50. The zero-order valence-corrected chi connectivity index (χ0v) is 28.3. The Morgan fingerprint density at radius 2 is 0.919 bits per heavy atom. The Kier molecular flexibility index (Phi) is 9.98. The van der Waals surface area contributed by atoms with E-state index in [9.17, 15) is 0 Å². The van der Waals surface area contributed by atoms with E-state index in [0.717, 1.165) is 0 Å². The largest absolute Gasteiger partial charge is 0.383 e. The lowest BCUT2D eigenvalue weighted by molar-refractivity contribution is 0.0615. The van der Waals surface area contributed by atoms with Crippen LogP contribution >= 0.6 is 0 Å². The number of hydrogen-bond donors (Lipinski definition) is 2. The Morgan fingerprint density at radius 3 is 1.19 bits per heavy atom. The van der Waals surface area contributed by atoms with Gasteiger partial charge in [0.05, 0.1) is 27.6 Å². The third-order valence-electron chi connectivity index (χ3n) is 8.74. The van der Waals surface area contributed by atoms with Gasteiger partial charge in [0.15, 0.2) is 0 Å². The predicted octanol–water partition coefficient (Wildman–Crippen LogP) is 10.2. The average Bonchev–Trinajstić information content (AvgIpc) is 2.71. The molecule has 2 rings (SSSR count). The summed E-state index contributed by atoms with van der Waals surface area (Å²) in [4.78, 5) is 0. The molecule has 0 fully saturated rings. The number of ether oxygens (including phenoxy) is 1. The molecule has 2 N–H and O–H groups in total. The third kappa shape index (κ3) is 7.73. The molecule has 0 aliphatic rings. The maximum atomic E-state index is 7.59. The van der Waals surface area contributed by atoms with Crippen LogP contribution in [0.1, 0.15) is 91.8 Å². The molecule has 0 spiro atoms. The van der Waals surface area contributed by atoms with Crippen molar-refractivity contribution in [3.05, 3.63) is 59.7 Å². The Hall–Kier alpha value is -1.57. The molecule has 2 aromatic carbocycles. The summed E-state index contributed by atoms with van der Waals surface area (Å²) in [5, 5.41) is 7.59. The summed E-state index contributed by atoms with van der Waals surface area (Å²) in [5.74, 6) is 0. The van der Waals surface area contributed by atoms with Gasteiger partial charge in [0, 0.05) is 23.5 Å². The number of rotatable bonds is 10. The van der Waals surface area contributed by atoms with Crippen molar-refractivity contribution in [2.45, 2.75) is 129 Å². The van der Waals surface area contributed by atoms with Crippen LogP contribution in [0.5, 0.6) is 0 Å². The Labute approximate surface area is 231 Å². The Bertz CT molecular complexity index is 934. The molecule has 2 unspecified atom stereocenters. The van der Waals surface area contributed by atoms with Crippen LogP contribution in [0.4, 0.5) is 11.4 Å². The topological polar surface area (TPSA) is 33.3 Å². The molecule has 0 amide bonds. The lowest BCUT2D eigenvalue weighted by atomic mass is 10.2. The molecular formula is C32H56N2OSi2. The van der Waals surface area contributed by atoms with E-state index < -0.39 is 16.1 Å². The van der Waals surface area contributed by atoms with Gasteiger partial charge in [-0.3, -0.25) is 0 Å². The highest BCUT2D eigenvalue weighted by molar-refractivity contribution is 6.82. The van der Waals surface area contributed by atoms with Gasteiger partial charge in [-0.05, 0) is 73.2 Å². The van der Waals surface area contributed by atoms with E-state index >= 15 is 0 Å². The summed E-state index contributed by atoms with van der Waals surface area (Å²) in [5.41, 5.74) is 5.10. The first-order valence-electron chi connectivity index (χ1n) is 14.2. The molecule has 0 saturated carbocycles. The Morgan fingerprint density at radius 1 is 0.595 bits per heavy atom. The van der Waals surface area contributed by atoms with Gasteiger partial charge in [-0.15, -0.1) is 0 Å². The lowest BCUT2D eigenvalue weighted by Gasteiger charge is -2.49. The number of anilines is 2. The van der Waals surface area contributed by atoms with E-state index in [0.29, 0.717) is 12.1 Å². The average molecular weight is 541 g/mol. The van der Waals surface area contributed by atoms with Crippen molar-refractivity contribution in [3.8, 4) is 0 Å². The molecule has 208 valence electrons. The molecule has 0 heterocycles. The van der Waals surface area contributed by atoms with E-state index in [4.69, 9.17) is 4.74 Å². The highest BCUT2D eigenvalue weighted by Crippen LogP contribution is 2.52. The minimum atomic E-state index is -1.95. The van der Waals surface area contributed by atoms with Crippen molar-refractivity contribution in [2.75, 3.05) is 10.6 Å². The van der Waals surface area contributed by atoms with Gasteiger partial charge < -0.3 is 15.4 Å². The molecular weight excluding hydrogens is 485 g/mol. The standard InChI is InChI=1S/C32H56N2OSi2/c1-23(2)33-27-19-15-17-25(21-27)29(36(11,12)31(5,6)7)35-30(37(13,14)32(8,9)10)26-18-16-20-28(22-26)34-24(3)4/h15-24,29-30,33-34H,1-14H3. The van der Waals surface area contributed by atoms with Crippen LogP contribution in [0.2, 0.25) is 36.3 Å². The smallest absolute Gasteiger partial charge is 0.0925 e. The molecule has 0 bridgehead atoms. The molecule has 2 aromatic rings. The highest BCUT2D eigenvalue weighted by atomic mass is 28.3. The Balaban J connectivity index is 2.73. The van der Waals surface area contributed by atoms with Crippen LogP contribution in [0.15, 0.2) is 48.5 Å². The van der Waals surface area contributed by atoms with Crippen molar-refractivity contribution in [3.63, 3.8) is 0 Å². The molecule has 0 aliphatic heterocycles. The van der Waals surface area contributed by atoms with E-state index in [1.807, 2.05) is 0 Å². The second-order valence-corrected chi connectivity index (χ2v) is 25.6. The normalized spacial score (nSPS) is 15.1. The molecule has 0 aromatic heterocycles. The summed E-state index contributed by atoms with van der Waals surface area (Å²) in [6.07, 6.45) is 0. The van der Waals surface area contributed by atoms with Gasteiger partial charge in [-0.25, -0.2) is 0 Å². The first kappa shape index (κ1) is 31.7. The minimum absolute atomic E-state index is 0.0715. The van der Waals surface area contributed by atoms with Gasteiger partial charge in [0.2, 0.25) is 0 Å². The van der Waals surface area contributed by atoms with Gasteiger partial charge in [0.1, 0.15) is 0 Å². The second-order valence-electron chi connectivity index (χ2n) is 14.7. The summed E-state index contributed by atoms with van der Waals surface area (Å²) in [7, 11) is -3.91. The van der Waals surface area contributed by atoms with Crippen LogP contribution < -0.4 is 10.6 Å². The first-order valence-corrected chi connectivity index (χ1v) is 20.3. The summed E-state index contributed by atoms with van der Waals surface area (Å²) >= 11 is 0. The van der Waals surface area contributed by atoms with E-state index in [1.54, 1.807) is 0 Å². The van der Waals surface area contributed by atoms with Crippen LogP contribution in [0.25, 0.3) is 0 Å². The van der Waals surface area contributed by atoms with E-state index in [2.05, 4.69) is 155 Å². The van der Waals surface area contributed by atoms with Crippen molar-refractivity contribution in [2.24, 2.45) is 0 Å². The van der Waals surface area contributed by atoms with Gasteiger partial charge >= 0.3 is 0 Å². The maximum absolute atomic E-state index is 7.59. The van der Waals surface area contributed by atoms with Gasteiger partial charge in [0.25, 0.3) is 0 Å². The number of benzene rings is 2. The van der Waals surface area contributed by atoms with Crippen molar-refractivity contribution in [1.29, 1.82) is 0 Å². The quantitative estimate of drug-likeness (QED) is 0.294. The molecule has 2 atom stereocenters. The van der Waals surface area contributed by atoms with Crippen LogP contribution in [-0.2, 0) is 4.74 Å². The van der Waals surface area contributed by atoms with Crippen molar-refractivity contribution < 1.29 is 4.74 Å². The zero-order chi connectivity index (χ0) is 28.4.